The highest BCUT2D eigenvalue weighted by Crippen LogP contribution is 2.31. The molecule has 1 nitrogen and oxygen atoms in total. The van der Waals surface area contributed by atoms with Gasteiger partial charge in [0.2, 0.25) is 0 Å². The molecule has 0 N–H and O–H groups in total. The largest absolute Gasteiger partial charge is 0.300 e. The maximum atomic E-state index is 11.3. The molecule has 1 saturated carbocycles. The van der Waals surface area contributed by atoms with Gasteiger partial charge in [-0.2, -0.15) is 0 Å². The van der Waals surface area contributed by atoms with E-state index in [9.17, 15) is 4.79 Å². The molecule has 1 atom stereocenters. The topological polar surface area (TPSA) is 17.1 Å². The van der Waals surface area contributed by atoms with Crippen LogP contribution in [0.1, 0.15) is 75.3 Å². The van der Waals surface area contributed by atoms with Crippen molar-refractivity contribution in [2.24, 2.45) is 0 Å². The van der Waals surface area contributed by atoms with E-state index in [4.69, 9.17) is 0 Å². The molecule has 1 unspecified atom stereocenters. The van der Waals surface area contributed by atoms with Crippen LogP contribution in [0.15, 0.2) is 24.3 Å². The summed E-state index contributed by atoms with van der Waals surface area (Å²) in [4.78, 5) is 11.3. The molecule has 0 amide bonds. The van der Waals surface area contributed by atoms with Gasteiger partial charge in [-0.05, 0) is 36.5 Å². The zero-order valence-corrected chi connectivity index (χ0v) is 12.5. The second-order valence-corrected chi connectivity index (χ2v) is 5.71. The quantitative estimate of drug-likeness (QED) is 0.551. The van der Waals surface area contributed by atoms with Crippen LogP contribution in [0.4, 0.5) is 0 Å². The molecule has 1 aliphatic carbocycles. The molecular formula is C19H24O. The van der Waals surface area contributed by atoms with Crippen molar-refractivity contribution in [1.29, 1.82) is 0 Å². The van der Waals surface area contributed by atoms with E-state index in [1.807, 2.05) is 0 Å². The number of unbranched alkanes of at least 4 members (excludes halogenated alkanes) is 4. The molecular weight excluding hydrogens is 244 g/mol. The lowest BCUT2D eigenvalue weighted by Gasteiger charge is -2.07. The Morgan fingerprint density at radius 1 is 1.15 bits per heavy atom. The fourth-order valence-electron chi connectivity index (χ4n) is 2.74. The van der Waals surface area contributed by atoms with Crippen LogP contribution in [-0.4, -0.2) is 5.78 Å². The van der Waals surface area contributed by atoms with Gasteiger partial charge in [0.25, 0.3) is 0 Å². The molecule has 0 aromatic heterocycles. The maximum Gasteiger partial charge on any atom is 0.133 e. The first-order valence-corrected chi connectivity index (χ1v) is 7.90. The van der Waals surface area contributed by atoms with Crippen molar-refractivity contribution in [3.8, 4) is 11.8 Å². The summed E-state index contributed by atoms with van der Waals surface area (Å²) in [5, 5.41) is 0. The molecule has 106 valence electrons. The van der Waals surface area contributed by atoms with Crippen molar-refractivity contribution in [2.45, 2.75) is 64.2 Å². The van der Waals surface area contributed by atoms with E-state index in [-0.39, 0.29) is 0 Å². The fourth-order valence-corrected chi connectivity index (χ4v) is 2.74. The van der Waals surface area contributed by atoms with Crippen LogP contribution in [0.25, 0.3) is 0 Å². The van der Waals surface area contributed by atoms with Crippen molar-refractivity contribution in [3.05, 3.63) is 35.4 Å². The zero-order valence-electron chi connectivity index (χ0n) is 12.5. The number of rotatable bonds is 5. The number of hydrogen-bond acceptors (Lipinski definition) is 1. The highest BCUT2D eigenvalue weighted by molar-refractivity contribution is 5.81. The van der Waals surface area contributed by atoms with Crippen LogP contribution in [0.3, 0.4) is 0 Å². The number of carbonyl (C=O) groups excluding carboxylic acids is 1. The van der Waals surface area contributed by atoms with Gasteiger partial charge in [-0.15, -0.1) is 0 Å². The molecule has 0 spiro atoms. The molecule has 0 bridgehead atoms. The highest BCUT2D eigenvalue weighted by atomic mass is 16.1. The Labute approximate surface area is 122 Å². The van der Waals surface area contributed by atoms with Crippen LogP contribution >= 0.6 is 0 Å². The Bertz CT molecular complexity index is 487. The fraction of sp³-hybridized carbons (Fsp3) is 0.526. The third kappa shape index (κ3) is 4.53. The second-order valence-electron chi connectivity index (χ2n) is 5.71. The highest BCUT2D eigenvalue weighted by Gasteiger charge is 2.23. The van der Waals surface area contributed by atoms with Crippen molar-refractivity contribution < 1.29 is 4.79 Å². The summed E-state index contributed by atoms with van der Waals surface area (Å²) in [5.74, 6) is 7.34. The van der Waals surface area contributed by atoms with Gasteiger partial charge in [0.1, 0.15) is 5.78 Å². The number of benzene rings is 1. The number of ketones is 1. The van der Waals surface area contributed by atoms with Crippen molar-refractivity contribution in [2.75, 3.05) is 0 Å². The standard InChI is InChI=1S/C19H24O/c1-2-3-4-5-6-7-8-16-9-11-17(12-10-16)18-13-14-19(20)15-18/h9-12,18H,2-6,13-15H2,1H3. The van der Waals surface area contributed by atoms with E-state index < -0.39 is 0 Å². The molecule has 20 heavy (non-hydrogen) atoms. The molecule has 1 fully saturated rings. The van der Waals surface area contributed by atoms with Gasteiger partial charge in [-0.25, -0.2) is 0 Å². The Kier molecular flexibility index (Phi) is 5.87. The van der Waals surface area contributed by atoms with Crippen molar-refractivity contribution in [1.82, 2.24) is 0 Å². The maximum absolute atomic E-state index is 11.3. The third-order valence-electron chi connectivity index (χ3n) is 4.02. The summed E-state index contributed by atoms with van der Waals surface area (Å²) in [5.41, 5.74) is 2.39. The minimum Gasteiger partial charge on any atom is -0.300 e. The normalized spacial score (nSPS) is 17.9. The van der Waals surface area contributed by atoms with Crippen LogP contribution in [0, 0.1) is 11.8 Å². The van der Waals surface area contributed by atoms with E-state index in [1.165, 1.54) is 31.2 Å². The van der Waals surface area contributed by atoms with Crippen LogP contribution in [0.5, 0.6) is 0 Å². The molecule has 1 aromatic carbocycles. The second kappa shape index (κ2) is 7.90. The lowest BCUT2D eigenvalue weighted by atomic mass is 9.97. The number of Topliss-reactive ketones (excluding diaryl/α,β-unsaturated/α-hetero) is 1. The van der Waals surface area contributed by atoms with Gasteiger partial charge >= 0.3 is 0 Å². The van der Waals surface area contributed by atoms with E-state index in [0.717, 1.165) is 31.2 Å². The molecule has 1 heteroatoms. The molecule has 1 aliphatic rings. The first kappa shape index (κ1) is 14.9. The zero-order chi connectivity index (χ0) is 14.2. The van der Waals surface area contributed by atoms with Gasteiger partial charge in [-0.1, -0.05) is 50.2 Å². The lowest BCUT2D eigenvalue weighted by molar-refractivity contribution is -0.117. The number of hydrogen-bond donors (Lipinski definition) is 0. The Morgan fingerprint density at radius 2 is 1.95 bits per heavy atom. The van der Waals surface area contributed by atoms with E-state index in [0.29, 0.717) is 11.7 Å². The minimum atomic E-state index is 0.408. The summed E-state index contributed by atoms with van der Waals surface area (Å²) in [7, 11) is 0. The number of carbonyl (C=O) groups is 1. The average Bonchev–Trinajstić information content (AvgIpc) is 2.90. The lowest BCUT2D eigenvalue weighted by Crippen LogP contribution is -1.94. The van der Waals surface area contributed by atoms with Crippen LogP contribution in [-0.2, 0) is 4.79 Å². The summed E-state index contributed by atoms with van der Waals surface area (Å²) < 4.78 is 0. The Balaban J connectivity index is 1.82. The molecule has 0 aliphatic heterocycles. The Morgan fingerprint density at radius 3 is 2.60 bits per heavy atom. The van der Waals surface area contributed by atoms with Gasteiger partial charge in [-0.3, -0.25) is 4.79 Å². The van der Waals surface area contributed by atoms with E-state index >= 15 is 0 Å². The first-order chi connectivity index (χ1) is 9.79. The van der Waals surface area contributed by atoms with Crippen molar-refractivity contribution >= 4 is 5.78 Å². The third-order valence-corrected chi connectivity index (χ3v) is 4.02. The monoisotopic (exact) mass is 268 g/mol. The average molecular weight is 268 g/mol. The van der Waals surface area contributed by atoms with E-state index in [1.54, 1.807) is 0 Å². The minimum absolute atomic E-state index is 0.408. The predicted octanol–water partition coefficient (Wildman–Crippen LogP) is 4.85. The summed E-state index contributed by atoms with van der Waals surface area (Å²) in [6, 6.07) is 8.48. The molecule has 0 radical (unpaired) electrons. The van der Waals surface area contributed by atoms with E-state index in [2.05, 4.69) is 43.0 Å². The van der Waals surface area contributed by atoms with Gasteiger partial charge in [0, 0.05) is 24.8 Å². The summed E-state index contributed by atoms with van der Waals surface area (Å²) in [6.07, 6.45) is 8.59. The SMILES string of the molecule is CCCCCCC#Cc1ccc(C2CCC(=O)C2)cc1. The van der Waals surface area contributed by atoms with Crippen LogP contribution in [0.2, 0.25) is 0 Å². The first-order valence-electron chi connectivity index (χ1n) is 7.90. The van der Waals surface area contributed by atoms with Crippen LogP contribution < -0.4 is 0 Å². The predicted molar refractivity (Wildman–Crippen MR) is 83.7 cm³/mol. The molecule has 0 saturated heterocycles. The molecule has 1 aromatic rings. The summed E-state index contributed by atoms with van der Waals surface area (Å²) in [6.45, 7) is 2.23. The van der Waals surface area contributed by atoms with Gasteiger partial charge < -0.3 is 0 Å². The molecule has 2 rings (SSSR count). The van der Waals surface area contributed by atoms with Gasteiger partial charge in [0.15, 0.2) is 0 Å². The van der Waals surface area contributed by atoms with Gasteiger partial charge in [0.05, 0.1) is 0 Å². The summed E-state index contributed by atoms with van der Waals surface area (Å²) >= 11 is 0. The smallest absolute Gasteiger partial charge is 0.133 e. The van der Waals surface area contributed by atoms with Crippen molar-refractivity contribution in [3.63, 3.8) is 0 Å². The Hall–Kier alpha value is -1.55. The molecule has 0 heterocycles.